The average Bonchev–Trinajstić information content (AvgIpc) is 2.36. The van der Waals surface area contributed by atoms with E-state index in [1.165, 1.54) is 6.07 Å². The van der Waals surface area contributed by atoms with Gasteiger partial charge in [-0.15, -0.1) is 0 Å². The van der Waals surface area contributed by atoms with Crippen molar-refractivity contribution in [3.63, 3.8) is 0 Å². The van der Waals surface area contributed by atoms with E-state index in [2.05, 4.69) is 4.85 Å². The molecule has 0 aromatic heterocycles. The van der Waals surface area contributed by atoms with Crippen LogP contribution in [0.25, 0.3) is 4.85 Å². The first kappa shape index (κ1) is 13.9. The molecule has 1 fully saturated rings. The number of nitrogens with zero attached hydrogens (tertiary/aromatic N) is 1. The molecule has 0 aliphatic heterocycles. The lowest BCUT2D eigenvalue weighted by molar-refractivity contribution is -0.0458. The molecule has 0 N–H and O–H groups in total. The Labute approximate surface area is 109 Å². The summed E-state index contributed by atoms with van der Waals surface area (Å²) in [6.45, 7) is 7.22. The van der Waals surface area contributed by atoms with E-state index in [-0.39, 0.29) is 37.7 Å². The Morgan fingerprint density at radius 3 is 2.26 bits per heavy atom. The summed E-state index contributed by atoms with van der Waals surface area (Å²) in [7, 11) is 0. The quantitative estimate of drug-likeness (QED) is 0.555. The van der Waals surface area contributed by atoms with Crippen molar-refractivity contribution in [3.05, 3.63) is 46.8 Å². The van der Waals surface area contributed by atoms with E-state index in [0.717, 1.165) is 12.1 Å². The van der Waals surface area contributed by atoms with E-state index in [1.54, 1.807) is 0 Å². The smallest absolute Gasteiger partial charge is 0.248 e. The molecular weight excluding hydrogens is 258 g/mol. The van der Waals surface area contributed by atoms with Crippen molar-refractivity contribution in [2.45, 2.75) is 43.6 Å². The molecule has 1 aliphatic carbocycles. The first-order chi connectivity index (χ1) is 8.86. The van der Waals surface area contributed by atoms with Crippen LogP contribution in [0.2, 0.25) is 0 Å². The Morgan fingerprint density at radius 1 is 1.11 bits per heavy atom. The van der Waals surface area contributed by atoms with Gasteiger partial charge < -0.3 is 4.85 Å². The molecule has 0 heterocycles. The van der Waals surface area contributed by atoms with Gasteiger partial charge in [0.25, 0.3) is 0 Å². The van der Waals surface area contributed by atoms with Crippen LogP contribution in [-0.4, -0.2) is 11.5 Å². The minimum atomic E-state index is -2.73. The molecule has 0 bridgehead atoms. The Hall–Kier alpha value is -1.57. The topological polar surface area (TPSA) is 4.36 Å². The van der Waals surface area contributed by atoms with Gasteiger partial charge in [0.1, 0.15) is 11.6 Å². The standard InChI is InChI=1S/C14H13F4N/c1-19-13(4-6-14(17,18)7-5-13)9-10-2-3-11(15)8-12(10)16/h2-3,8H,4-7,9H2. The second-order valence-electron chi connectivity index (χ2n) is 5.10. The zero-order valence-electron chi connectivity index (χ0n) is 10.2. The van der Waals surface area contributed by atoms with Crippen LogP contribution in [0.1, 0.15) is 31.2 Å². The van der Waals surface area contributed by atoms with Crippen molar-refractivity contribution in [2.75, 3.05) is 0 Å². The molecule has 0 saturated heterocycles. The third kappa shape index (κ3) is 3.06. The number of hydrogen-bond acceptors (Lipinski definition) is 0. The van der Waals surface area contributed by atoms with Crippen LogP contribution in [0.5, 0.6) is 0 Å². The van der Waals surface area contributed by atoms with E-state index in [1.807, 2.05) is 0 Å². The summed E-state index contributed by atoms with van der Waals surface area (Å²) in [6, 6.07) is 3.16. The Bertz CT molecular complexity index is 509. The highest BCUT2D eigenvalue weighted by atomic mass is 19.3. The van der Waals surface area contributed by atoms with Crippen LogP contribution in [0.15, 0.2) is 18.2 Å². The maximum absolute atomic E-state index is 13.6. The lowest BCUT2D eigenvalue weighted by atomic mass is 9.76. The summed E-state index contributed by atoms with van der Waals surface area (Å²) in [5.41, 5.74) is -0.775. The highest BCUT2D eigenvalue weighted by molar-refractivity contribution is 5.23. The van der Waals surface area contributed by atoms with Crippen molar-refractivity contribution in [1.82, 2.24) is 0 Å². The van der Waals surface area contributed by atoms with Crippen molar-refractivity contribution < 1.29 is 17.6 Å². The first-order valence-corrected chi connectivity index (χ1v) is 6.06. The molecule has 1 saturated carbocycles. The summed E-state index contributed by atoms with van der Waals surface area (Å²) in [4.78, 5) is 3.46. The van der Waals surface area contributed by atoms with E-state index >= 15 is 0 Å². The second kappa shape index (κ2) is 4.84. The van der Waals surface area contributed by atoms with Gasteiger partial charge >= 0.3 is 0 Å². The van der Waals surface area contributed by atoms with Gasteiger partial charge in [0.05, 0.1) is 6.42 Å². The summed E-state index contributed by atoms with van der Waals surface area (Å²) in [5, 5.41) is 0. The molecule has 1 nitrogen and oxygen atoms in total. The number of alkyl halides is 2. The van der Waals surface area contributed by atoms with Gasteiger partial charge in [0.15, 0.2) is 0 Å². The van der Waals surface area contributed by atoms with E-state index < -0.39 is 23.1 Å². The number of hydrogen-bond donors (Lipinski definition) is 0. The van der Waals surface area contributed by atoms with Crippen molar-refractivity contribution in [3.8, 4) is 0 Å². The van der Waals surface area contributed by atoms with Gasteiger partial charge in [-0.25, -0.2) is 24.1 Å². The number of halogens is 4. The normalized spacial score (nSPS) is 20.8. The summed E-state index contributed by atoms with van der Waals surface area (Å²) in [6.07, 6.45) is -0.560. The zero-order chi connectivity index (χ0) is 14.1. The Balaban J connectivity index is 2.18. The third-order valence-electron chi connectivity index (χ3n) is 3.68. The number of rotatable bonds is 2. The highest BCUT2D eigenvalue weighted by Gasteiger charge is 2.48. The molecule has 1 aromatic rings. The Kier molecular flexibility index (Phi) is 3.53. The molecule has 19 heavy (non-hydrogen) atoms. The van der Waals surface area contributed by atoms with Crippen LogP contribution in [0.4, 0.5) is 17.6 Å². The Morgan fingerprint density at radius 2 is 1.74 bits per heavy atom. The molecule has 0 unspecified atom stereocenters. The second-order valence-corrected chi connectivity index (χ2v) is 5.10. The predicted molar refractivity (Wildman–Crippen MR) is 62.8 cm³/mol. The monoisotopic (exact) mass is 271 g/mol. The van der Waals surface area contributed by atoms with Gasteiger partial charge in [-0.05, 0) is 11.6 Å². The molecule has 1 aromatic carbocycles. The fourth-order valence-corrected chi connectivity index (χ4v) is 2.43. The lowest BCUT2D eigenvalue weighted by Gasteiger charge is -2.31. The summed E-state index contributed by atoms with van der Waals surface area (Å²) < 4.78 is 52.6. The minimum Gasteiger partial charge on any atom is -0.310 e. The van der Waals surface area contributed by atoms with Crippen LogP contribution >= 0.6 is 0 Å². The molecule has 0 atom stereocenters. The van der Waals surface area contributed by atoms with Crippen LogP contribution in [0.3, 0.4) is 0 Å². The van der Waals surface area contributed by atoms with Crippen molar-refractivity contribution >= 4 is 0 Å². The van der Waals surface area contributed by atoms with Gasteiger partial charge in [-0.3, -0.25) is 0 Å². The molecule has 102 valence electrons. The van der Waals surface area contributed by atoms with Gasteiger partial charge in [0, 0.05) is 31.7 Å². The third-order valence-corrected chi connectivity index (χ3v) is 3.68. The summed E-state index contributed by atoms with van der Waals surface area (Å²) >= 11 is 0. The van der Waals surface area contributed by atoms with Gasteiger partial charge in [-0.2, -0.15) is 0 Å². The predicted octanol–water partition coefficient (Wildman–Crippen LogP) is 4.37. The van der Waals surface area contributed by atoms with Crippen LogP contribution in [-0.2, 0) is 6.42 Å². The fourth-order valence-electron chi connectivity index (χ4n) is 2.43. The van der Waals surface area contributed by atoms with E-state index in [4.69, 9.17) is 6.57 Å². The molecule has 2 rings (SSSR count). The van der Waals surface area contributed by atoms with Crippen molar-refractivity contribution in [2.24, 2.45) is 0 Å². The van der Waals surface area contributed by atoms with Gasteiger partial charge in [0.2, 0.25) is 11.5 Å². The maximum Gasteiger partial charge on any atom is 0.248 e. The van der Waals surface area contributed by atoms with Crippen LogP contribution in [0, 0.1) is 18.2 Å². The summed E-state index contributed by atoms with van der Waals surface area (Å²) in [5.74, 6) is -4.14. The fraction of sp³-hybridized carbons (Fsp3) is 0.500. The van der Waals surface area contributed by atoms with E-state index in [9.17, 15) is 17.6 Å². The lowest BCUT2D eigenvalue weighted by Crippen LogP contribution is -2.38. The first-order valence-electron chi connectivity index (χ1n) is 6.06. The molecular formula is C14H13F4N. The maximum atomic E-state index is 13.6. The van der Waals surface area contributed by atoms with Crippen LogP contribution < -0.4 is 0 Å². The molecule has 0 spiro atoms. The molecule has 0 radical (unpaired) electrons. The SMILES string of the molecule is [C-]#[N+]C1(Cc2ccc(F)cc2F)CCC(F)(F)CC1. The van der Waals surface area contributed by atoms with Crippen molar-refractivity contribution in [1.29, 1.82) is 0 Å². The highest BCUT2D eigenvalue weighted by Crippen LogP contribution is 2.42. The molecule has 1 aliphatic rings. The largest absolute Gasteiger partial charge is 0.310 e. The molecule has 5 heteroatoms. The zero-order valence-corrected chi connectivity index (χ0v) is 10.2. The van der Waals surface area contributed by atoms with E-state index in [0.29, 0.717) is 0 Å². The van der Waals surface area contributed by atoms with Gasteiger partial charge in [-0.1, -0.05) is 6.07 Å². The minimum absolute atomic E-state index is 0.0420. The average molecular weight is 271 g/mol. The molecule has 0 amide bonds. The number of benzene rings is 1.